The molecule has 84 heavy (non-hydrogen) atoms. The summed E-state index contributed by atoms with van der Waals surface area (Å²) in [4.78, 5) is 46.1. The topological polar surface area (TPSA) is 162 Å². The van der Waals surface area contributed by atoms with Gasteiger partial charge in [-0.05, 0) is 157 Å². The first-order valence-electron chi connectivity index (χ1n) is 31.0. The van der Waals surface area contributed by atoms with E-state index in [2.05, 4.69) is 127 Å². The Morgan fingerprint density at radius 2 is 1.57 bits per heavy atom. The van der Waals surface area contributed by atoms with E-state index in [4.69, 9.17) is 23.4 Å². The number of aryl methyl sites for hydroxylation is 1. The highest BCUT2D eigenvalue weighted by atomic mass is 16.6. The average Bonchev–Trinajstić information content (AvgIpc) is 1.55. The van der Waals surface area contributed by atoms with Crippen molar-refractivity contribution in [2.75, 3.05) is 26.9 Å². The molecule has 3 saturated carbocycles. The molecule has 6 aromatic rings. The number of rotatable bonds is 10. The van der Waals surface area contributed by atoms with Gasteiger partial charge in [0.05, 0.1) is 25.4 Å². The van der Waals surface area contributed by atoms with Gasteiger partial charge in [-0.3, -0.25) is 4.79 Å². The number of fused-ring (bicyclic) bond motifs is 17. The van der Waals surface area contributed by atoms with Crippen molar-refractivity contribution in [3.63, 3.8) is 0 Å². The summed E-state index contributed by atoms with van der Waals surface area (Å²) in [5, 5.41) is 32.7. The zero-order valence-electron chi connectivity index (χ0n) is 48.4. The highest BCUT2D eigenvalue weighted by Gasteiger charge is 2.65. The molecule has 0 radical (unpaired) electrons. The summed E-state index contributed by atoms with van der Waals surface area (Å²) in [7, 11) is 1.52. The van der Waals surface area contributed by atoms with E-state index in [1.165, 1.54) is 54.2 Å². The van der Waals surface area contributed by atoms with Gasteiger partial charge in [-0.25, -0.2) is 9.59 Å². The molecule has 5 aromatic carbocycles. The highest BCUT2D eigenvalue weighted by molar-refractivity contribution is 5.90. The number of ether oxygens (including phenoxy) is 4. The van der Waals surface area contributed by atoms with E-state index in [-0.39, 0.29) is 103 Å². The summed E-state index contributed by atoms with van der Waals surface area (Å²) >= 11 is 0. The third-order valence-corrected chi connectivity index (χ3v) is 21.0. The maximum Gasteiger partial charge on any atom is 0.340 e. The summed E-state index contributed by atoms with van der Waals surface area (Å²) in [6.45, 7) is 0.701. The van der Waals surface area contributed by atoms with Gasteiger partial charge >= 0.3 is 17.6 Å². The molecule has 14 rings (SSSR count). The number of allylic oxidation sites excluding steroid dienone is 3. The molecule has 8 aliphatic rings. The van der Waals surface area contributed by atoms with Crippen LogP contribution in [0.15, 0.2) is 154 Å². The van der Waals surface area contributed by atoms with Crippen LogP contribution in [0.4, 0.5) is 0 Å². The predicted octanol–water partition coefficient (Wildman–Crippen LogP) is 13.3. The second-order valence-corrected chi connectivity index (χ2v) is 25.3. The third-order valence-electron chi connectivity index (χ3n) is 21.0. The first-order valence-corrected chi connectivity index (χ1v) is 31.0. The van der Waals surface area contributed by atoms with E-state index in [0.717, 1.165) is 43.2 Å². The van der Waals surface area contributed by atoms with E-state index in [0.29, 0.717) is 47.1 Å². The normalized spacial score (nSPS) is 28.8. The quantitative estimate of drug-likeness (QED) is 0.0518. The molecular formula is C73H78O11. The van der Waals surface area contributed by atoms with Crippen LogP contribution in [-0.4, -0.2) is 65.9 Å². The van der Waals surface area contributed by atoms with E-state index in [1.54, 1.807) is 13.0 Å². The van der Waals surface area contributed by atoms with Crippen LogP contribution in [-0.2, 0) is 42.2 Å². The molecule has 11 unspecified atom stereocenters. The number of aliphatic hydroxyl groups is 3. The van der Waals surface area contributed by atoms with Crippen molar-refractivity contribution in [2.24, 2.45) is 23.7 Å². The second-order valence-electron chi connectivity index (χ2n) is 25.3. The predicted molar refractivity (Wildman–Crippen MR) is 323 cm³/mol. The number of aliphatic hydroxyl groups excluding tert-OH is 3. The minimum absolute atomic E-state index is 0.00220. The van der Waals surface area contributed by atoms with E-state index < -0.39 is 47.9 Å². The molecule has 1 spiro atoms. The zero-order valence-corrected chi connectivity index (χ0v) is 48.4. The molecule has 3 N–H and O–H groups in total. The lowest BCUT2D eigenvalue weighted by Crippen LogP contribution is -2.62. The fourth-order valence-corrected chi connectivity index (χ4v) is 17.0. The van der Waals surface area contributed by atoms with Crippen LogP contribution in [0, 0.1) is 23.7 Å². The van der Waals surface area contributed by atoms with Crippen LogP contribution in [0.3, 0.4) is 0 Å². The summed E-state index contributed by atoms with van der Waals surface area (Å²) in [6.07, 6.45) is 16.9. The SMILES string of the molecule is COCC(CCO)c1c(CO)c2ccc3c(c2oc1=O)C1OC(=O)CC2CC(c4cccc(C5(c6ccccc6)CCCCC5)c4)C=CC2c2ccc(cc2)CCC(=C(C)CO)C(=O)OC1C1(CCCC2C4C=Cc5ccccc5C4CC21)O3. The summed E-state index contributed by atoms with van der Waals surface area (Å²) in [6, 6.07) is 40.8. The smallest absolute Gasteiger partial charge is 0.340 e. The molecule has 11 heteroatoms. The minimum atomic E-state index is -1.34. The van der Waals surface area contributed by atoms with Crippen molar-refractivity contribution < 1.29 is 48.3 Å². The fourth-order valence-electron chi connectivity index (χ4n) is 17.0. The van der Waals surface area contributed by atoms with Gasteiger partial charge in [-0.2, -0.15) is 0 Å². The van der Waals surface area contributed by atoms with Crippen molar-refractivity contribution >= 4 is 29.0 Å². The Morgan fingerprint density at radius 1 is 0.774 bits per heavy atom. The lowest BCUT2D eigenvalue weighted by atomic mass is 9.63. The Hall–Kier alpha value is -6.89. The molecule has 0 amide bonds. The van der Waals surface area contributed by atoms with Gasteiger partial charge in [0.1, 0.15) is 11.3 Å². The first kappa shape index (κ1) is 56.3. The summed E-state index contributed by atoms with van der Waals surface area (Å²) in [5.41, 5.74) is 8.03. The number of methoxy groups -OCH3 is 1. The molecule has 3 fully saturated rings. The molecule has 5 aliphatic carbocycles. The van der Waals surface area contributed by atoms with E-state index in [9.17, 15) is 20.1 Å². The molecule has 4 heterocycles. The lowest BCUT2D eigenvalue weighted by Gasteiger charge is -2.53. The Kier molecular flexibility index (Phi) is 15.8. The van der Waals surface area contributed by atoms with Gasteiger partial charge in [0.25, 0.3) is 0 Å². The maximum absolute atomic E-state index is 15.9. The van der Waals surface area contributed by atoms with Gasteiger partial charge in [0, 0.05) is 65.7 Å². The number of benzene rings is 5. The molecule has 11 nitrogen and oxygen atoms in total. The highest BCUT2D eigenvalue weighted by Crippen LogP contribution is 2.64. The fraction of sp³-hybridized carbons (Fsp3) is 0.438. The van der Waals surface area contributed by atoms with Gasteiger partial charge < -0.3 is 38.7 Å². The monoisotopic (exact) mass is 1130 g/mol. The number of carbonyl (C=O) groups excluding carboxylic acids is 2. The Balaban J connectivity index is 0.962. The molecule has 11 atom stereocenters. The molecule has 436 valence electrons. The van der Waals surface area contributed by atoms with Gasteiger partial charge in [-0.15, -0.1) is 0 Å². The number of carbonyl (C=O) groups is 2. The number of hydrogen-bond acceptors (Lipinski definition) is 11. The standard InChI is InChI=1S/C73H78O11/c1-44(41-75)54-27-22-45-20-23-47(24-21-45)55-28-26-49(48-14-11-17-53(38-48)72(33-9-4-10-34-72)52-15-5-3-6-16-52)37-51(55)39-64(77)81-68-66-63(31-30-59-61(42-76)65(71(79)82-67(59)66)50(32-36-74)43-80-2)84-73(69(68)83-70(54)78)35-12-19-58-57-29-25-46-13-7-8-18-56(46)60(57)40-62(58)73/h3,5-8,11,13-18,20-21,23-26,28-31,38,49-51,55,57-58,60,62,68-69,74-76H,4,9-10,12,19,22,27,32-37,39-43H2,1-2H3. The molecular weight excluding hydrogens is 1050 g/mol. The van der Waals surface area contributed by atoms with Crippen molar-refractivity contribution in [1.29, 1.82) is 0 Å². The zero-order chi connectivity index (χ0) is 57.7. The van der Waals surface area contributed by atoms with Gasteiger partial charge in [-0.1, -0.05) is 147 Å². The Morgan fingerprint density at radius 3 is 2.36 bits per heavy atom. The molecule has 3 aliphatic heterocycles. The van der Waals surface area contributed by atoms with Crippen LogP contribution in [0.1, 0.15) is 176 Å². The van der Waals surface area contributed by atoms with Crippen molar-refractivity contribution in [3.05, 3.63) is 211 Å². The van der Waals surface area contributed by atoms with Crippen LogP contribution < -0.4 is 10.4 Å². The van der Waals surface area contributed by atoms with Crippen LogP contribution in [0.25, 0.3) is 17.0 Å². The molecule has 1 aromatic heterocycles. The van der Waals surface area contributed by atoms with Crippen molar-refractivity contribution in [1.82, 2.24) is 0 Å². The summed E-state index contributed by atoms with van der Waals surface area (Å²) in [5.74, 6) is -1.44. The van der Waals surface area contributed by atoms with Crippen LogP contribution >= 0.6 is 0 Å². The van der Waals surface area contributed by atoms with E-state index >= 15 is 9.59 Å². The molecule has 2 bridgehead atoms. The minimum Gasteiger partial charge on any atom is -0.482 e. The Bertz CT molecular complexity index is 3580. The van der Waals surface area contributed by atoms with Crippen LogP contribution in [0.2, 0.25) is 0 Å². The van der Waals surface area contributed by atoms with Gasteiger partial charge in [0.15, 0.2) is 17.8 Å². The first-order chi connectivity index (χ1) is 41.1. The third kappa shape index (κ3) is 9.90. The largest absolute Gasteiger partial charge is 0.482 e. The number of esters is 2. The Labute approximate surface area is 492 Å². The maximum atomic E-state index is 15.9. The van der Waals surface area contributed by atoms with Crippen molar-refractivity contribution in [3.8, 4) is 5.75 Å². The van der Waals surface area contributed by atoms with E-state index in [1.807, 2.05) is 6.07 Å². The lowest BCUT2D eigenvalue weighted by molar-refractivity contribution is -0.212. The molecule has 0 saturated heterocycles. The average molecular weight is 1130 g/mol. The van der Waals surface area contributed by atoms with Crippen LogP contribution in [0.5, 0.6) is 5.75 Å². The number of hydrogen-bond donors (Lipinski definition) is 3. The summed E-state index contributed by atoms with van der Waals surface area (Å²) < 4.78 is 34.0. The van der Waals surface area contributed by atoms with Gasteiger partial charge in [0.2, 0.25) is 0 Å². The van der Waals surface area contributed by atoms with Crippen molar-refractivity contribution in [2.45, 2.75) is 150 Å². The second kappa shape index (κ2) is 23.5.